The molecular weight excluding hydrogens is 452 g/mol. The number of piperidine rings is 1. The smallest absolute Gasteiger partial charge is 0.434 e. The highest BCUT2D eigenvalue weighted by molar-refractivity contribution is 6.35. The van der Waals surface area contributed by atoms with E-state index in [-0.39, 0.29) is 25.6 Å². The zero-order valence-electron chi connectivity index (χ0n) is 16.0. The summed E-state index contributed by atoms with van der Waals surface area (Å²) in [5, 5.41) is 2.22. The lowest BCUT2D eigenvalue weighted by atomic mass is 9.98. The first kappa shape index (κ1) is 23.3. The zero-order chi connectivity index (χ0) is 22.8. The van der Waals surface area contributed by atoms with E-state index in [1.54, 1.807) is 12.1 Å². The Bertz CT molecular complexity index is 911. The van der Waals surface area contributed by atoms with E-state index in [2.05, 4.69) is 4.74 Å². The van der Waals surface area contributed by atoms with E-state index in [4.69, 9.17) is 16.3 Å². The molecule has 0 radical (unpaired) electrons. The molecule has 31 heavy (non-hydrogen) atoms. The molecule has 2 aromatic rings. The summed E-state index contributed by atoms with van der Waals surface area (Å²) in [5.74, 6) is 0.583. The summed E-state index contributed by atoms with van der Waals surface area (Å²) in [4.78, 5) is 12.7. The first-order valence-electron chi connectivity index (χ1n) is 9.36. The number of fused-ring (bicyclic) bond motifs is 1. The number of benzene rings is 2. The van der Waals surface area contributed by atoms with Crippen LogP contribution in [-0.4, -0.2) is 49.1 Å². The van der Waals surface area contributed by atoms with Crippen molar-refractivity contribution in [1.82, 2.24) is 4.90 Å². The Morgan fingerprint density at radius 1 is 1.00 bits per heavy atom. The average Bonchev–Trinajstić information content (AvgIpc) is 2.70. The number of amides is 1. The number of hydrogen-bond donors (Lipinski definition) is 0. The van der Waals surface area contributed by atoms with Crippen LogP contribution in [0.25, 0.3) is 10.8 Å². The third-order valence-corrected chi connectivity index (χ3v) is 5.32. The number of hydrogen-bond acceptors (Lipinski definition) is 3. The third-order valence-electron chi connectivity index (χ3n) is 4.99. The molecule has 1 heterocycles. The molecule has 170 valence electrons. The number of ether oxygens (including phenoxy) is 2. The highest BCUT2D eigenvalue weighted by atomic mass is 35.5. The van der Waals surface area contributed by atoms with Gasteiger partial charge in [-0.15, -0.1) is 0 Å². The van der Waals surface area contributed by atoms with Gasteiger partial charge in [0, 0.05) is 28.9 Å². The molecule has 0 unspecified atom stereocenters. The average molecular weight is 470 g/mol. The van der Waals surface area contributed by atoms with Gasteiger partial charge >= 0.3 is 18.4 Å². The molecular formula is C20H18ClF6NO3. The highest BCUT2D eigenvalue weighted by Crippen LogP contribution is 2.36. The first-order chi connectivity index (χ1) is 14.5. The fourth-order valence-corrected chi connectivity index (χ4v) is 3.57. The topological polar surface area (TPSA) is 38.8 Å². The van der Waals surface area contributed by atoms with Gasteiger partial charge < -0.3 is 14.4 Å². The Morgan fingerprint density at radius 2 is 1.58 bits per heavy atom. The molecule has 1 fully saturated rings. The zero-order valence-corrected chi connectivity index (χ0v) is 16.7. The van der Waals surface area contributed by atoms with E-state index in [0.29, 0.717) is 23.6 Å². The van der Waals surface area contributed by atoms with Crippen molar-refractivity contribution in [2.24, 2.45) is 5.92 Å². The van der Waals surface area contributed by atoms with Crippen LogP contribution in [-0.2, 0) is 4.74 Å². The van der Waals surface area contributed by atoms with Crippen LogP contribution in [0.1, 0.15) is 12.8 Å². The normalized spacial score (nSPS) is 16.1. The second-order valence-electron chi connectivity index (χ2n) is 7.18. The van der Waals surface area contributed by atoms with Gasteiger partial charge in [-0.3, -0.25) is 0 Å². The van der Waals surface area contributed by atoms with E-state index in [9.17, 15) is 31.1 Å². The van der Waals surface area contributed by atoms with E-state index >= 15 is 0 Å². The lowest BCUT2D eigenvalue weighted by Gasteiger charge is -2.33. The summed E-state index contributed by atoms with van der Waals surface area (Å²) in [6, 6.07) is 10.8. The predicted octanol–water partition coefficient (Wildman–Crippen LogP) is 6.21. The van der Waals surface area contributed by atoms with Crippen LogP contribution in [0.4, 0.5) is 31.1 Å². The maximum atomic E-state index is 12.6. The number of nitrogens with zero attached hydrogens (tertiary/aromatic N) is 1. The number of carbonyl (C=O) groups is 1. The van der Waals surface area contributed by atoms with E-state index in [1.807, 2.05) is 24.3 Å². The molecule has 1 amide bonds. The summed E-state index contributed by atoms with van der Waals surface area (Å²) in [5.41, 5.74) is 0. The molecule has 4 nitrogen and oxygen atoms in total. The van der Waals surface area contributed by atoms with Gasteiger partial charge in [-0.05, 0) is 30.9 Å². The van der Waals surface area contributed by atoms with Crippen LogP contribution in [0.3, 0.4) is 0 Å². The van der Waals surface area contributed by atoms with Crippen molar-refractivity contribution in [3.63, 3.8) is 0 Å². The maximum absolute atomic E-state index is 12.6. The molecule has 1 aliphatic rings. The first-order valence-corrected chi connectivity index (χ1v) is 9.73. The summed E-state index contributed by atoms with van der Waals surface area (Å²) in [6.07, 6.45) is -16.6. The largest absolute Gasteiger partial charge is 0.493 e. The second-order valence-corrected chi connectivity index (χ2v) is 7.59. The number of likely N-dealkylation sites (tertiary alicyclic amines) is 1. The Morgan fingerprint density at radius 3 is 2.16 bits per heavy atom. The standard InChI is InChI=1S/C20H18ClF6NO3/c21-15-5-6-16(14-4-2-1-3-13(14)15)30-11-12-7-9-28(10-8-12)18(29)31-17(19(22,23)24)20(25,26)27/h1-6,12,17H,7-11H2. The Labute approximate surface area is 178 Å². The van der Waals surface area contributed by atoms with Crippen LogP contribution in [0, 0.1) is 5.92 Å². The molecule has 0 aliphatic carbocycles. The van der Waals surface area contributed by atoms with E-state index < -0.39 is 24.5 Å². The van der Waals surface area contributed by atoms with Gasteiger partial charge in [-0.25, -0.2) is 4.79 Å². The Hall–Kier alpha value is -2.36. The quantitative estimate of drug-likeness (QED) is 0.499. The van der Waals surface area contributed by atoms with Gasteiger partial charge in [0.15, 0.2) is 0 Å². The van der Waals surface area contributed by atoms with Gasteiger partial charge in [0.05, 0.1) is 6.61 Å². The lowest BCUT2D eigenvalue weighted by molar-refractivity contribution is -0.308. The molecule has 0 aromatic heterocycles. The minimum Gasteiger partial charge on any atom is -0.493 e. The minimum atomic E-state index is -5.73. The number of rotatable bonds is 4. The fraction of sp³-hybridized carbons (Fsp3) is 0.450. The van der Waals surface area contributed by atoms with Gasteiger partial charge in [-0.2, -0.15) is 26.3 Å². The van der Waals surface area contributed by atoms with Crippen LogP contribution in [0.2, 0.25) is 5.02 Å². The molecule has 1 saturated heterocycles. The van der Waals surface area contributed by atoms with Crippen molar-refractivity contribution >= 4 is 28.5 Å². The van der Waals surface area contributed by atoms with Crippen molar-refractivity contribution < 1.29 is 40.6 Å². The molecule has 0 N–H and O–H groups in total. The monoisotopic (exact) mass is 469 g/mol. The molecule has 0 bridgehead atoms. The van der Waals surface area contributed by atoms with Crippen molar-refractivity contribution in [1.29, 1.82) is 0 Å². The van der Waals surface area contributed by atoms with Crippen LogP contribution in [0.15, 0.2) is 36.4 Å². The minimum absolute atomic E-state index is 0.0282. The highest BCUT2D eigenvalue weighted by Gasteiger charge is 2.60. The molecule has 3 rings (SSSR count). The van der Waals surface area contributed by atoms with E-state index in [0.717, 1.165) is 15.7 Å². The predicted molar refractivity (Wildman–Crippen MR) is 101 cm³/mol. The summed E-state index contributed by atoms with van der Waals surface area (Å²) < 4.78 is 85.0. The second kappa shape index (κ2) is 9.02. The third kappa shape index (κ3) is 5.66. The van der Waals surface area contributed by atoms with Crippen LogP contribution < -0.4 is 4.74 Å². The summed E-state index contributed by atoms with van der Waals surface area (Å²) >= 11 is 6.17. The van der Waals surface area contributed by atoms with Gasteiger partial charge in [0.25, 0.3) is 6.10 Å². The van der Waals surface area contributed by atoms with Gasteiger partial charge in [-0.1, -0.05) is 35.9 Å². The summed E-state index contributed by atoms with van der Waals surface area (Å²) in [6.45, 7) is 0.218. The fourth-order valence-electron chi connectivity index (χ4n) is 3.34. The molecule has 0 saturated carbocycles. The SMILES string of the molecule is O=C(OC(C(F)(F)F)C(F)(F)F)N1CCC(COc2ccc(Cl)c3ccccc23)CC1. The van der Waals surface area contributed by atoms with Crippen molar-refractivity contribution in [3.8, 4) is 5.75 Å². The Kier molecular flexibility index (Phi) is 6.78. The number of alkyl halides is 6. The van der Waals surface area contributed by atoms with E-state index in [1.165, 1.54) is 0 Å². The molecule has 11 heteroatoms. The molecule has 0 atom stereocenters. The van der Waals surface area contributed by atoms with Gasteiger partial charge in [0.1, 0.15) is 5.75 Å². The number of halogens is 7. The lowest BCUT2D eigenvalue weighted by Crippen LogP contribution is -2.49. The van der Waals surface area contributed by atoms with Crippen LogP contribution >= 0.6 is 11.6 Å². The van der Waals surface area contributed by atoms with Crippen molar-refractivity contribution in [2.75, 3.05) is 19.7 Å². The van der Waals surface area contributed by atoms with Crippen LogP contribution in [0.5, 0.6) is 5.75 Å². The number of carbonyl (C=O) groups excluding carboxylic acids is 1. The molecule has 2 aromatic carbocycles. The Balaban J connectivity index is 1.54. The summed E-state index contributed by atoms with van der Waals surface area (Å²) in [7, 11) is 0. The van der Waals surface area contributed by atoms with Crippen molar-refractivity contribution in [3.05, 3.63) is 41.4 Å². The molecule has 1 aliphatic heterocycles. The van der Waals surface area contributed by atoms with Crippen molar-refractivity contribution in [2.45, 2.75) is 31.3 Å². The molecule has 0 spiro atoms. The van der Waals surface area contributed by atoms with Gasteiger partial charge in [0.2, 0.25) is 0 Å². The maximum Gasteiger partial charge on any atom is 0.434 e.